The van der Waals surface area contributed by atoms with Crippen molar-refractivity contribution in [3.05, 3.63) is 96.7 Å². The lowest BCUT2D eigenvalue weighted by molar-refractivity contribution is 1.15. The van der Waals surface area contributed by atoms with E-state index < -0.39 is 0 Å². The van der Waals surface area contributed by atoms with E-state index in [0.717, 1.165) is 11.4 Å². The molecule has 0 bridgehead atoms. The van der Waals surface area contributed by atoms with Crippen molar-refractivity contribution in [1.82, 2.24) is 0 Å². The van der Waals surface area contributed by atoms with Crippen molar-refractivity contribution in [1.29, 1.82) is 0 Å². The molecule has 0 radical (unpaired) electrons. The Kier molecular flexibility index (Phi) is 5.16. The zero-order chi connectivity index (χ0) is 15.1. The fourth-order valence-electron chi connectivity index (χ4n) is 2.34. The average Bonchev–Trinajstić information content (AvgIpc) is 2.50. The number of hydrogen-bond acceptors (Lipinski definition) is 1. The van der Waals surface area contributed by atoms with Gasteiger partial charge in [0.1, 0.15) is 0 Å². The molecular weight excluding hydrogens is 254 g/mol. The quantitative estimate of drug-likeness (QED) is 0.618. The predicted octanol–water partition coefficient (Wildman–Crippen LogP) is 5.86. The number of hydrogen-bond donors (Lipinski definition) is 0. The second kappa shape index (κ2) is 7.30. The first-order valence-corrected chi connectivity index (χ1v) is 7.10. The maximum absolute atomic E-state index is 3.75. The van der Waals surface area contributed by atoms with Crippen LogP contribution in [0.1, 0.15) is 13.8 Å². The molecule has 0 atom stereocenters. The van der Waals surface area contributed by atoms with Gasteiger partial charge in [-0.15, -0.1) is 0 Å². The maximum atomic E-state index is 3.75. The van der Waals surface area contributed by atoms with Gasteiger partial charge in [0.25, 0.3) is 0 Å². The van der Waals surface area contributed by atoms with Crippen molar-refractivity contribution in [2.75, 3.05) is 4.90 Å². The smallest absolute Gasteiger partial charge is 0.0458 e. The van der Waals surface area contributed by atoms with Gasteiger partial charge >= 0.3 is 0 Å². The summed E-state index contributed by atoms with van der Waals surface area (Å²) < 4.78 is 0. The summed E-state index contributed by atoms with van der Waals surface area (Å²) in [5.41, 5.74) is 4.66. The van der Waals surface area contributed by atoms with Crippen LogP contribution in [0, 0.1) is 0 Å². The van der Waals surface area contributed by atoms with Gasteiger partial charge in [-0.05, 0) is 49.8 Å². The minimum Gasteiger partial charge on any atom is -0.315 e. The second-order valence-corrected chi connectivity index (χ2v) is 4.94. The molecule has 0 aliphatic heterocycles. The van der Waals surface area contributed by atoms with Gasteiger partial charge in [0.15, 0.2) is 0 Å². The van der Waals surface area contributed by atoms with Crippen molar-refractivity contribution in [2.24, 2.45) is 0 Å². The molecule has 0 amide bonds. The molecule has 0 saturated carbocycles. The molecule has 0 fully saturated rings. The Labute approximate surface area is 127 Å². The van der Waals surface area contributed by atoms with Gasteiger partial charge in [-0.3, -0.25) is 0 Å². The standard InChI is InChI=1S/C20H21N/c1-4-11-17(2)16-18(3)21(19-12-7-5-8-13-19)20-14-9-6-10-15-20/h4-16H,1H2,2-3H3/b17-11-,18-16+. The molecule has 2 aromatic rings. The Morgan fingerprint density at radius 2 is 1.33 bits per heavy atom. The third-order valence-corrected chi connectivity index (χ3v) is 3.20. The minimum atomic E-state index is 1.16. The zero-order valence-corrected chi connectivity index (χ0v) is 12.7. The van der Waals surface area contributed by atoms with Crippen LogP contribution in [-0.4, -0.2) is 0 Å². The van der Waals surface area contributed by atoms with E-state index in [1.165, 1.54) is 11.3 Å². The van der Waals surface area contributed by atoms with Gasteiger partial charge in [-0.25, -0.2) is 0 Å². The Morgan fingerprint density at radius 3 is 1.76 bits per heavy atom. The van der Waals surface area contributed by atoms with Crippen LogP contribution in [-0.2, 0) is 0 Å². The SMILES string of the molecule is C=C/C=C(C)\C=C(/C)N(c1ccccc1)c1ccccc1. The molecule has 0 N–H and O–H groups in total. The molecule has 2 aromatic carbocycles. The first-order valence-electron chi connectivity index (χ1n) is 7.10. The van der Waals surface area contributed by atoms with Crippen LogP contribution in [0.25, 0.3) is 0 Å². The summed E-state index contributed by atoms with van der Waals surface area (Å²) in [4.78, 5) is 2.25. The van der Waals surface area contributed by atoms with Gasteiger partial charge in [0.2, 0.25) is 0 Å². The third kappa shape index (κ3) is 3.96. The van der Waals surface area contributed by atoms with E-state index in [-0.39, 0.29) is 0 Å². The van der Waals surface area contributed by atoms with E-state index >= 15 is 0 Å². The molecule has 0 aliphatic rings. The van der Waals surface area contributed by atoms with Crippen molar-refractivity contribution >= 4 is 11.4 Å². The van der Waals surface area contributed by atoms with Crippen molar-refractivity contribution in [3.8, 4) is 0 Å². The first kappa shape index (κ1) is 14.9. The van der Waals surface area contributed by atoms with Crippen LogP contribution in [0.15, 0.2) is 96.7 Å². The predicted molar refractivity (Wildman–Crippen MR) is 92.7 cm³/mol. The Morgan fingerprint density at radius 1 is 0.857 bits per heavy atom. The molecular formula is C20H21N. The number of rotatable bonds is 5. The molecule has 21 heavy (non-hydrogen) atoms. The Hall–Kier alpha value is -2.54. The van der Waals surface area contributed by atoms with E-state index in [1.54, 1.807) is 0 Å². The van der Waals surface area contributed by atoms with Crippen LogP contribution >= 0.6 is 0 Å². The third-order valence-electron chi connectivity index (χ3n) is 3.20. The lowest BCUT2D eigenvalue weighted by Gasteiger charge is -2.26. The van der Waals surface area contributed by atoms with Crippen molar-refractivity contribution in [3.63, 3.8) is 0 Å². The topological polar surface area (TPSA) is 3.24 Å². The van der Waals surface area contributed by atoms with E-state index in [1.807, 2.05) is 24.3 Å². The van der Waals surface area contributed by atoms with Gasteiger partial charge in [0, 0.05) is 17.1 Å². The van der Waals surface area contributed by atoms with Crippen LogP contribution in [0.3, 0.4) is 0 Å². The summed E-state index contributed by atoms with van der Waals surface area (Å²) in [7, 11) is 0. The summed E-state index contributed by atoms with van der Waals surface area (Å²) in [5, 5.41) is 0. The fraction of sp³-hybridized carbons (Fsp3) is 0.100. The summed E-state index contributed by atoms with van der Waals surface area (Å²) in [6.07, 6.45) is 5.99. The first-order chi connectivity index (χ1) is 10.2. The number of allylic oxidation sites excluding steroid dienone is 5. The summed E-state index contributed by atoms with van der Waals surface area (Å²) in [5.74, 6) is 0. The van der Waals surface area contributed by atoms with Gasteiger partial charge in [-0.2, -0.15) is 0 Å². The molecule has 0 aromatic heterocycles. The monoisotopic (exact) mass is 275 g/mol. The summed E-state index contributed by atoms with van der Waals surface area (Å²) >= 11 is 0. The lowest BCUT2D eigenvalue weighted by Crippen LogP contribution is -2.14. The van der Waals surface area contributed by atoms with E-state index in [9.17, 15) is 0 Å². The molecule has 0 unspecified atom stereocenters. The van der Waals surface area contributed by atoms with Crippen molar-refractivity contribution in [2.45, 2.75) is 13.8 Å². The normalized spacial score (nSPS) is 12.1. The molecule has 0 heterocycles. The average molecular weight is 275 g/mol. The van der Waals surface area contributed by atoms with Crippen LogP contribution in [0.5, 0.6) is 0 Å². The second-order valence-electron chi connectivity index (χ2n) is 4.94. The van der Waals surface area contributed by atoms with Crippen LogP contribution in [0.4, 0.5) is 11.4 Å². The molecule has 0 spiro atoms. The number of benzene rings is 2. The van der Waals surface area contributed by atoms with Gasteiger partial charge in [0.05, 0.1) is 0 Å². The van der Waals surface area contributed by atoms with Crippen molar-refractivity contribution < 1.29 is 0 Å². The number of para-hydroxylation sites is 2. The molecule has 106 valence electrons. The van der Waals surface area contributed by atoms with Crippen LogP contribution in [0.2, 0.25) is 0 Å². The largest absolute Gasteiger partial charge is 0.315 e. The molecule has 2 rings (SSSR count). The highest BCUT2D eigenvalue weighted by Crippen LogP contribution is 2.29. The summed E-state index contributed by atoms with van der Waals surface area (Å²) in [6, 6.07) is 20.8. The number of anilines is 2. The summed E-state index contributed by atoms with van der Waals surface area (Å²) in [6.45, 7) is 7.96. The molecule has 1 heteroatoms. The lowest BCUT2D eigenvalue weighted by atomic mass is 10.1. The van der Waals surface area contributed by atoms with Gasteiger partial charge < -0.3 is 4.90 Å². The minimum absolute atomic E-state index is 1.16. The zero-order valence-electron chi connectivity index (χ0n) is 12.7. The van der Waals surface area contributed by atoms with E-state index in [2.05, 4.69) is 79.9 Å². The van der Waals surface area contributed by atoms with Gasteiger partial charge in [-0.1, -0.05) is 55.1 Å². The Balaban J connectivity index is 2.47. The highest BCUT2D eigenvalue weighted by Gasteiger charge is 2.10. The molecule has 0 aliphatic carbocycles. The van der Waals surface area contributed by atoms with E-state index in [0.29, 0.717) is 0 Å². The highest BCUT2D eigenvalue weighted by atomic mass is 15.1. The van der Waals surface area contributed by atoms with Crippen LogP contribution < -0.4 is 4.90 Å². The molecule has 1 nitrogen and oxygen atoms in total. The Bertz CT molecular complexity index is 597. The maximum Gasteiger partial charge on any atom is 0.0458 e. The number of nitrogens with zero attached hydrogens (tertiary/aromatic N) is 1. The van der Waals surface area contributed by atoms with E-state index in [4.69, 9.17) is 0 Å². The fourth-order valence-corrected chi connectivity index (χ4v) is 2.34. The highest BCUT2D eigenvalue weighted by molar-refractivity contribution is 5.68. The molecule has 0 saturated heterocycles.